The van der Waals surface area contributed by atoms with Crippen LogP contribution in [0.2, 0.25) is 0 Å². The third-order valence-electron chi connectivity index (χ3n) is 15.3. The van der Waals surface area contributed by atoms with Crippen molar-refractivity contribution in [2.45, 2.75) is 303 Å². The number of ether oxygens (including phenoxy) is 4. The van der Waals surface area contributed by atoms with Gasteiger partial charge >= 0.3 is 39.5 Å². The van der Waals surface area contributed by atoms with Crippen LogP contribution in [0.4, 0.5) is 0 Å². The Labute approximate surface area is 605 Å². The Kier molecular flexibility index (Phi) is 68.6. The van der Waals surface area contributed by atoms with E-state index in [1.165, 1.54) is 12.8 Å². The molecule has 0 heterocycles. The van der Waals surface area contributed by atoms with Crippen LogP contribution in [0.5, 0.6) is 0 Å². The van der Waals surface area contributed by atoms with E-state index in [9.17, 15) is 43.2 Å². The van der Waals surface area contributed by atoms with Gasteiger partial charge in [-0.15, -0.1) is 0 Å². The van der Waals surface area contributed by atoms with Gasteiger partial charge in [0.2, 0.25) is 0 Å². The first-order valence-corrected chi connectivity index (χ1v) is 41.1. The van der Waals surface area contributed by atoms with Gasteiger partial charge in [0, 0.05) is 25.7 Å². The zero-order valence-corrected chi connectivity index (χ0v) is 63.9. The van der Waals surface area contributed by atoms with E-state index in [-0.39, 0.29) is 25.7 Å². The lowest BCUT2D eigenvalue weighted by Crippen LogP contribution is -2.30. The van der Waals surface area contributed by atoms with Crippen LogP contribution < -0.4 is 0 Å². The quantitative estimate of drug-likeness (QED) is 0.0169. The number of carbonyl (C=O) groups is 4. The number of phosphoric acid groups is 2. The Morgan fingerprint density at radius 2 is 0.520 bits per heavy atom. The van der Waals surface area contributed by atoms with Gasteiger partial charge in [-0.2, -0.15) is 0 Å². The van der Waals surface area contributed by atoms with Gasteiger partial charge in [-0.1, -0.05) is 251 Å². The molecule has 19 heteroatoms. The fraction of sp³-hybridized carbons (Fsp3) is 0.654. The molecule has 5 atom stereocenters. The molecular weight excluding hydrogens is 1310 g/mol. The number of aliphatic hydroxyl groups excluding tert-OH is 1. The standard InChI is InChI=1S/C81H134O17P2/c1-5-9-13-17-21-25-29-32-35-36-37-38-41-43-47-50-54-58-62-66-79(84)92-72-77(98-81(86)68-64-60-56-52-48-44-40-34-31-27-23-19-15-11-7-3)74-96-100(89,90)94-70-75(82)69-93-99(87,88)95-73-76(97-80(85)67-63-59-55-51-45-28-24-20-16-12-8-4)71-91-78(83)65-61-57-53-49-46-42-39-33-30-26-22-18-14-10-6-2/h9-11,13-15,20-27,32-35,37-40,48,52,75-77,82H,5-8,12,16-19,28-31,36,41-47,49-51,53-74H2,1-4H3,(H,87,88)(H,89,90)/b13-9-,14-10-,15-11-,24-20-,25-21-,26-22-,27-23-,35-32-,38-37-,39-33-,40-34-,52-48-. The van der Waals surface area contributed by atoms with E-state index in [0.717, 1.165) is 186 Å². The van der Waals surface area contributed by atoms with Crippen molar-refractivity contribution in [3.8, 4) is 0 Å². The van der Waals surface area contributed by atoms with Crippen LogP contribution >= 0.6 is 15.6 Å². The minimum Gasteiger partial charge on any atom is -0.462 e. The fourth-order valence-corrected chi connectivity index (χ4v) is 11.1. The van der Waals surface area contributed by atoms with Crippen molar-refractivity contribution >= 4 is 39.5 Å². The van der Waals surface area contributed by atoms with Gasteiger partial charge in [0.05, 0.1) is 26.4 Å². The SMILES string of the molecule is CC/C=C\C/C=C\C/C=C\C/C=C\CCCCCCCCC(=O)OCC(COP(=O)(O)OCC(O)COP(=O)(O)OCC(COC(=O)CCCCCCC/C=C\C/C=C\C/C=C\CC)OC(=O)CCCCCCC/C=C\CCCC)OC(=O)CCCC/C=C\C/C=C\C/C=C\C/C=C\CC. The molecule has 0 bridgehead atoms. The summed E-state index contributed by atoms with van der Waals surface area (Å²) in [6.45, 7) is 4.38. The predicted molar refractivity (Wildman–Crippen MR) is 408 cm³/mol. The summed E-state index contributed by atoms with van der Waals surface area (Å²) in [5.41, 5.74) is 0. The first-order chi connectivity index (χ1) is 48.7. The van der Waals surface area contributed by atoms with Crippen molar-refractivity contribution in [1.82, 2.24) is 0 Å². The average molecular weight is 1440 g/mol. The Morgan fingerprint density at radius 3 is 0.830 bits per heavy atom. The molecule has 0 rings (SSSR count). The summed E-state index contributed by atoms with van der Waals surface area (Å²) in [6, 6.07) is 0. The first kappa shape index (κ1) is 94.9. The van der Waals surface area contributed by atoms with Gasteiger partial charge in [0.15, 0.2) is 12.2 Å². The van der Waals surface area contributed by atoms with Crippen molar-refractivity contribution < 1.29 is 80.2 Å². The van der Waals surface area contributed by atoms with E-state index >= 15 is 0 Å². The highest BCUT2D eigenvalue weighted by atomic mass is 31.2. The predicted octanol–water partition coefficient (Wildman–Crippen LogP) is 21.9. The highest BCUT2D eigenvalue weighted by Gasteiger charge is 2.30. The monoisotopic (exact) mass is 1440 g/mol. The third kappa shape index (κ3) is 71.3. The summed E-state index contributed by atoms with van der Waals surface area (Å²) >= 11 is 0. The number of aliphatic hydroxyl groups is 1. The Bertz CT molecular complexity index is 2470. The number of hydrogen-bond acceptors (Lipinski definition) is 15. The second kappa shape index (κ2) is 72.3. The molecule has 0 aromatic heterocycles. The molecular formula is C81H134O17P2. The van der Waals surface area contributed by atoms with Crippen molar-refractivity contribution in [2.75, 3.05) is 39.6 Å². The molecule has 0 amide bonds. The Morgan fingerprint density at radius 1 is 0.290 bits per heavy atom. The third-order valence-corrected chi connectivity index (χ3v) is 17.2. The molecule has 0 saturated heterocycles. The van der Waals surface area contributed by atoms with Crippen LogP contribution in [0, 0.1) is 0 Å². The van der Waals surface area contributed by atoms with Crippen LogP contribution in [0.15, 0.2) is 146 Å². The van der Waals surface area contributed by atoms with Crippen LogP contribution in [-0.2, 0) is 65.4 Å². The zero-order valence-electron chi connectivity index (χ0n) is 62.1. The topological polar surface area (TPSA) is 237 Å². The average Bonchev–Trinajstić information content (AvgIpc) is 0.985. The summed E-state index contributed by atoms with van der Waals surface area (Å²) < 4.78 is 68.4. The van der Waals surface area contributed by atoms with Gasteiger partial charge < -0.3 is 33.8 Å². The van der Waals surface area contributed by atoms with E-state index in [1.54, 1.807) is 0 Å². The van der Waals surface area contributed by atoms with Crippen molar-refractivity contribution in [3.63, 3.8) is 0 Å². The van der Waals surface area contributed by atoms with E-state index in [0.29, 0.717) is 32.1 Å². The number of esters is 4. The molecule has 0 aromatic rings. The molecule has 0 aliphatic rings. The second-order valence-corrected chi connectivity index (χ2v) is 27.7. The van der Waals surface area contributed by atoms with Crippen LogP contribution in [0.3, 0.4) is 0 Å². The van der Waals surface area contributed by atoms with Crippen LogP contribution in [0.1, 0.15) is 285 Å². The molecule has 0 spiro atoms. The summed E-state index contributed by atoms with van der Waals surface area (Å²) in [6.07, 6.45) is 81.3. The lowest BCUT2D eigenvalue weighted by molar-refractivity contribution is -0.161. The molecule has 0 aliphatic carbocycles. The molecule has 570 valence electrons. The highest BCUT2D eigenvalue weighted by molar-refractivity contribution is 7.47. The maximum Gasteiger partial charge on any atom is 0.472 e. The molecule has 0 radical (unpaired) electrons. The van der Waals surface area contributed by atoms with Gasteiger partial charge in [-0.05, 0) is 154 Å². The Hall–Kier alpha value is -5.06. The molecule has 3 N–H and O–H groups in total. The maximum atomic E-state index is 13.1. The van der Waals surface area contributed by atoms with Crippen molar-refractivity contribution in [3.05, 3.63) is 146 Å². The zero-order chi connectivity index (χ0) is 73.2. The van der Waals surface area contributed by atoms with Crippen LogP contribution in [0.25, 0.3) is 0 Å². The molecule has 0 saturated carbocycles. The summed E-state index contributed by atoms with van der Waals surface area (Å²) in [4.78, 5) is 72.8. The van der Waals surface area contributed by atoms with Gasteiger partial charge in [0.25, 0.3) is 0 Å². The van der Waals surface area contributed by atoms with E-state index in [1.807, 2.05) is 0 Å². The lowest BCUT2D eigenvalue weighted by atomic mass is 10.1. The van der Waals surface area contributed by atoms with Crippen molar-refractivity contribution in [1.29, 1.82) is 0 Å². The molecule has 0 aromatic carbocycles. The maximum absolute atomic E-state index is 13.1. The van der Waals surface area contributed by atoms with Gasteiger partial charge in [0.1, 0.15) is 19.3 Å². The normalized spacial score (nSPS) is 14.8. The van der Waals surface area contributed by atoms with E-state index < -0.39 is 97.5 Å². The number of unbranched alkanes of at least 4 members (excludes halogenated alkanes) is 20. The molecule has 0 fully saturated rings. The summed E-state index contributed by atoms with van der Waals surface area (Å²) in [5.74, 6) is -2.27. The largest absolute Gasteiger partial charge is 0.472 e. The van der Waals surface area contributed by atoms with E-state index in [4.69, 9.17) is 37.0 Å². The van der Waals surface area contributed by atoms with Gasteiger partial charge in [-0.3, -0.25) is 37.3 Å². The minimum atomic E-state index is -5.00. The number of hydrogen-bond donors (Lipinski definition) is 3. The lowest BCUT2D eigenvalue weighted by Gasteiger charge is -2.21. The van der Waals surface area contributed by atoms with Crippen molar-refractivity contribution in [2.24, 2.45) is 0 Å². The molecule has 100 heavy (non-hydrogen) atoms. The Balaban J connectivity index is 5.39. The summed E-state index contributed by atoms with van der Waals surface area (Å²) in [7, 11) is -9.98. The number of allylic oxidation sites excluding steroid dienone is 24. The first-order valence-electron chi connectivity index (χ1n) is 38.1. The minimum absolute atomic E-state index is 0.0346. The molecule has 17 nitrogen and oxygen atoms in total. The molecule has 5 unspecified atom stereocenters. The van der Waals surface area contributed by atoms with E-state index in [2.05, 4.69) is 174 Å². The summed E-state index contributed by atoms with van der Waals surface area (Å²) in [5, 5.41) is 10.6. The highest BCUT2D eigenvalue weighted by Crippen LogP contribution is 2.45. The molecule has 0 aliphatic heterocycles. The van der Waals surface area contributed by atoms with Gasteiger partial charge in [-0.25, -0.2) is 9.13 Å². The fourth-order valence-electron chi connectivity index (χ4n) is 9.55. The number of carbonyl (C=O) groups excluding carboxylic acids is 4. The smallest absolute Gasteiger partial charge is 0.462 e. The number of phosphoric ester groups is 2. The second-order valence-electron chi connectivity index (χ2n) is 24.8. The number of rotatable bonds is 70. The van der Waals surface area contributed by atoms with Crippen LogP contribution in [-0.4, -0.2) is 96.7 Å².